The number of ether oxygens (including phenoxy) is 2. The van der Waals surface area contributed by atoms with Gasteiger partial charge in [-0.1, -0.05) is 53.5 Å². The van der Waals surface area contributed by atoms with E-state index in [4.69, 9.17) is 32.7 Å². The van der Waals surface area contributed by atoms with E-state index in [0.29, 0.717) is 30.8 Å². The van der Waals surface area contributed by atoms with Crippen LogP contribution in [0.15, 0.2) is 60.7 Å². The van der Waals surface area contributed by atoms with Gasteiger partial charge in [0, 0.05) is 43.2 Å². The molecule has 1 aliphatic rings. The Kier molecular flexibility index (Phi) is 18.1. The molecule has 14 heteroatoms. The van der Waals surface area contributed by atoms with Crippen molar-refractivity contribution in [2.45, 2.75) is 12.5 Å². The van der Waals surface area contributed by atoms with E-state index in [1.54, 1.807) is 18.2 Å². The van der Waals surface area contributed by atoms with Crippen LogP contribution in [0.4, 0.5) is 5.69 Å². The molecule has 3 aromatic carbocycles. The van der Waals surface area contributed by atoms with E-state index in [1.807, 2.05) is 30.3 Å². The van der Waals surface area contributed by atoms with E-state index >= 15 is 0 Å². The fourth-order valence-corrected chi connectivity index (χ4v) is 4.70. The Hall–Kier alpha value is -2.14. The Morgan fingerprint density at radius 1 is 1.05 bits per heavy atom. The van der Waals surface area contributed by atoms with Crippen molar-refractivity contribution in [3.05, 3.63) is 99.4 Å². The summed E-state index contributed by atoms with van der Waals surface area (Å²) in [4.78, 5) is 44.5. The summed E-state index contributed by atoms with van der Waals surface area (Å²) in [6.07, 6.45) is 0.572. The van der Waals surface area contributed by atoms with Gasteiger partial charge < -0.3 is 32.9 Å². The van der Waals surface area contributed by atoms with Gasteiger partial charge in [-0.05, 0) is 29.3 Å². The first-order valence-electron chi connectivity index (χ1n) is 12.5. The normalized spacial score (nSPS) is 12.8. The third kappa shape index (κ3) is 11.7. The SMILES string of the molecule is COC=O.O=C(CNC1CCOc2ccc([N+](=O)[O-])cc21)NCCNC(=O)c1c(Cl)cc(-c2ccccc2)cc1Cl.[CH3-].[Cs+]. The zero-order chi connectivity index (χ0) is 29.8. The van der Waals surface area contributed by atoms with Crippen molar-refractivity contribution in [3.8, 4) is 16.9 Å². The van der Waals surface area contributed by atoms with Gasteiger partial charge in [0.25, 0.3) is 18.1 Å². The predicted molar refractivity (Wildman–Crippen MR) is 161 cm³/mol. The molecule has 0 aromatic heterocycles. The van der Waals surface area contributed by atoms with Crippen molar-refractivity contribution in [3.63, 3.8) is 0 Å². The van der Waals surface area contributed by atoms with E-state index in [1.165, 1.54) is 19.2 Å². The first-order chi connectivity index (χ1) is 19.7. The van der Waals surface area contributed by atoms with E-state index < -0.39 is 10.8 Å². The monoisotopic (exact) mass is 750 g/mol. The molecule has 0 fully saturated rings. The molecule has 3 N–H and O–H groups in total. The summed E-state index contributed by atoms with van der Waals surface area (Å²) in [7, 11) is 1.31. The van der Waals surface area contributed by atoms with Crippen LogP contribution in [-0.4, -0.2) is 56.6 Å². The summed E-state index contributed by atoms with van der Waals surface area (Å²) < 4.78 is 9.42. The standard InChI is InChI=1S/C26H24Cl2N4O5.C2H4O2.CH3.Cs/c27-20-12-17(16-4-2-1-3-5-16)13-21(28)25(20)26(34)30-10-9-29-24(33)15-31-22-8-11-37-23-7-6-18(32(35)36)14-19(22)23;1-4-2-3;;/h1-7,12-14,22,31H,8-11,15H2,(H,29,33)(H,30,34);2H,1H3;1H3;/q;;-1;+1. The number of non-ortho nitro benzene ring substituents is 1. The molecule has 0 saturated heterocycles. The van der Waals surface area contributed by atoms with Crippen molar-refractivity contribution in [2.24, 2.45) is 0 Å². The number of halogens is 2. The van der Waals surface area contributed by atoms with Crippen LogP contribution in [0, 0.1) is 17.5 Å². The van der Waals surface area contributed by atoms with Crippen LogP contribution in [0.1, 0.15) is 28.4 Å². The molecule has 43 heavy (non-hydrogen) atoms. The van der Waals surface area contributed by atoms with Crippen LogP contribution in [0.3, 0.4) is 0 Å². The Bertz CT molecular complexity index is 1370. The van der Waals surface area contributed by atoms with Crippen molar-refractivity contribution < 1.29 is 97.7 Å². The number of hydrogen-bond donors (Lipinski definition) is 3. The molecule has 0 radical (unpaired) electrons. The molecule has 0 bridgehead atoms. The summed E-state index contributed by atoms with van der Waals surface area (Å²) in [5, 5.41) is 20.1. The molecule has 0 spiro atoms. The minimum absolute atomic E-state index is 0. The minimum atomic E-state index is -0.467. The van der Waals surface area contributed by atoms with Gasteiger partial charge in [-0.3, -0.25) is 24.5 Å². The quantitative estimate of drug-likeness (QED) is 0.0935. The summed E-state index contributed by atoms with van der Waals surface area (Å²) in [6.45, 7) is 1.18. The molecule has 224 valence electrons. The van der Waals surface area contributed by atoms with Crippen molar-refractivity contribution in [1.82, 2.24) is 16.0 Å². The topological polar surface area (TPSA) is 149 Å². The Labute approximate surface area is 318 Å². The zero-order valence-corrected chi connectivity index (χ0v) is 31.8. The van der Waals surface area contributed by atoms with Gasteiger partial charge in [0.1, 0.15) is 5.75 Å². The van der Waals surface area contributed by atoms with Gasteiger partial charge in [-0.2, -0.15) is 0 Å². The Morgan fingerprint density at radius 2 is 1.67 bits per heavy atom. The van der Waals surface area contributed by atoms with Crippen LogP contribution in [0.25, 0.3) is 11.1 Å². The fraction of sp³-hybridized carbons (Fsp3) is 0.241. The molecule has 0 saturated carbocycles. The number of methoxy groups -OCH3 is 1. The van der Waals surface area contributed by atoms with E-state index in [9.17, 15) is 19.7 Å². The number of fused-ring (bicyclic) bond motifs is 1. The van der Waals surface area contributed by atoms with Crippen LogP contribution in [0.5, 0.6) is 5.75 Å². The fourth-order valence-electron chi connectivity index (χ4n) is 4.04. The number of hydrogen-bond acceptors (Lipinski definition) is 8. The molecule has 1 heterocycles. The number of benzene rings is 3. The molecule has 4 rings (SSSR count). The molecule has 1 unspecified atom stereocenters. The van der Waals surface area contributed by atoms with Gasteiger partial charge in [-0.25, -0.2) is 0 Å². The number of carbonyl (C=O) groups is 3. The maximum Gasteiger partial charge on any atom is 1.00 e. The predicted octanol–water partition coefficient (Wildman–Crippen LogP) is 1.77. The minimum Gasteiger partial charge on any atom is -0.493 e. The van der Waals surface area contributed by atoms with Crippen LogP contribution in [0.2, 0.25) is 10.0 Å². The third-order valence-corrected chi connectivity index (χ3v) is 6.55. The summed E-state index contributed by atoms with van der Waals surface area (Å²) in [5.74, 6) is -0.162. The molecule has 3 aromatic rings. The summed E-state index contributed by atoms with van der Waals surface area (Å²) >= 11 is 12.7. The summed E-state index contributed by atoms with van der Waals surface area (Å²) in [6, 6.07) is 17.1. The van der Waals surface area contributed by atoms with Gasteiger partial charge in [-0.15, -0.1) is 0 Å². The molecule has 1 aliphatic heterocycles. The number of nitrogens with zero attached hydrogens (tertiary/aromatic N) is 1. The number of nitro benzene ring substituents is 1. The third-order valence-electron chi connectivity index (χ3n) is 5.96. The smallest absolute Gasteiger partial charge is 0.493 e. The van der Waals surface area contributed by atoms with E-state index in [-0.39, 0.29) is 129 Å². The van der Waals surface area contributed by atoms with E-state index in [0.717, 1.165) is 11.1 Å². The number of nitrogens with one attached hydrogen (secondary N) is 3. The van der Waals surface area contributed by atoms with Crippen LogP contribution >= 0.6 is 23.2 Å². The molecule has 11 nitrogen and oxygen atoms in total. The Morgan fingerprint density at radius 3 is 2.28 bits per heavy atom. The molecular formula is C29H31Cl2CsN4O7. The van der Waals surface area contributed by atoms with Gasteiger partial charge in [0.2, 0.25) is 5.91 Å². The molecule has 1 atom stereocenters. The largest absolute Gasteiger partial charge is 1.00 e. The molecule has 2 amide bonds. The zero-order valence-electron chi connectivity index (χ0n) is 24.0. The number of carbonyl (C=O) groups excluding carboxylic acids is 3. The summed E-state index contributed by atoms with van der Waals surface area (Å²) in [5.41, 5.74) is 2.51. The number of rotatable bonds is 10. The maximum absolute atomic E-state index is 12.6. The first-order valence-corrected chi connectivity index (χ1v) is 13.2. The average molecular weight is 751 g/mol. The van der Waals surface area contributed by atoms with Crippen molar-refractivity contribution >= 4 is 47.2 Å². The van der Waals surface area contributed by atoms with Gasteiger partial charge in [0.15, 0.2) is 0 Å². The Balaban J connectivity index is 0.00000145. The van der Waals surface area contributed by atoms with Gasteiger partial charge >= 0.3 is 68.9 Å². The number of nitro groups is 1. The van der Waals surface area contributed by atoms with E-state index in [2.05, 4.69) is 20.7 Å². The molecular weight excluding hydrogens is 720 g/mol. The van der Waals surface area contributed by atoms with Crippen molar-refractivity contribution in [1.29, 1.82) is 0 Å². The van der Waals surface area contributed by atoms with Gasteiger partial charge in [0.05, 0.1) is 40.8 Å². The maximum atomic E-state index is 12.6. The second-order valence-electron chi connectivity index (χ2n) is 8.67. The second kappa shape index (κ2) is 20.0. The average Bonchev–Trinajstić information content (AvgIpc) is 2.98. The van der Waals surface area contributed by atoms with Crippen LogP contribution < -0.4 is 89.6 Å². The van der Waals surface area contributed by atoms with Crippen LogP contribution in [-0.2, 0) is 14.3 Å². The number of amides is 2. The first kappa shape index (κ1) is 38.9. The molecule has 0 aliphatic carbocycles. The second-order valence-corrected chi connectivity index (χ2v) is 9.48. The van der Waals surface area contributed by atoms with Crippen molar-refractivity contribution in [2.75, 3.05) is 33.4 Å².